The van der Waals surface area contributed by atoms with Gasteiger partial charge >= 0.3 is 0 Å². The minimum atomic E-state index is 0.775. The van der Waals surface area contributed by atoms with E-state index < -0.39 is 0 Å². The minimum Gasteiger partial charge on any atom is -0.377 e. The van der Waals surface area contributed by atoms with Gasteiger partial charge < -0.3 is 10.3 Å². The Morgan fingerprint density at radius 1 is 1.36 bits per heavy atom. The van der Waals surface area contributed by atoms with E-state index in [0.29, 0.717) is 0 Å². The van der Waals surface area contributed by atoms with E-state index >= 15 is 0 Å². The van der Waals surface area contributed by atoms with Gasteiger partial charge in [-0.15, -0.1) is 0 Å². The van der Waals surface area contributed by atoms with Crippen LogP contribution in [-0.2, 0) is 6.54 Å². The van der Waals surface area contributed by atoms with E-state index in [1.54, 1.807) is 6.20 Å². The quantitative estimate of drug-likeness (QED) is 0.824. The average Bonchev–Trinajstić information content (AvgIpc) is 2.69. The van der Waals surface area contributed by atoms with Crippen molar-refractivity contribution in [3.8, 4) is 0 Å². The molecule has 2 heterocycles. The van der Waals surface area contributed by atoms with Crippen molar-refractivity contribution < 1.29 is 0 Å². The van der Waals surface area contributed by atoms with E-state index in [-0.39, 0.29) is 0 Å². The van der Waals surface area contributed by atoms with Gasteiger partial charge in [-0.2, -0.15) is 0 Å². The van der Waals surface area contributed by atoms with Crippen molar-refractivity contribution in [1.82, 2.24) is 9.97 Å². The van der Waals surface area contributed by atoms with Crippen LogP contribution < -0.4 is 5.32 Å². The smallest absolute Gasteiger partial charge is 0.129 e. The number of H-pyrrole nitrogens is 1. The fourth-order valence-electron chi connectivity index (χ4n) is 1.19. The summed E-state index contributed by atoms with van der Waals surface area (Å²) in [4.78, 5) is 7.25. The van der Waals surface area contributed by atoms with Crippen LogP contribution >= 0.6 is 15.9 Å². The van der Waals surface area contributed by atoms with Crippen molar-refractivity contribution in [2.45, 2.75) is 6.54 Å². The second kappa shape index (κ2) is 4.28. The summed E-state index contributed by atoms with van der Waals surface area (Å²) in [6.07, 6.45) is 3.67. The number of nitrogens with zero attached hydrogens (tertiary/aromatic N) is 1. The summed E-state index contributed by atoms with van der Waals surface area (Å²) in [5.74, 6) is 0. The van der Waals surface area contributed by atoms with E-state index in [2.05, 4.69) is 31.2 Å². The van der Waals surface area contributed by atoms with E-state index in [4.69, 9.17) is 0 Å². The lowest BCUT2D eigenvalue weighted by Crippen LogP contribution is -2.00. The van der Waals surface area contributed by atoms with Gasteiger partial charge in [0.2, 0.25) is 0 Å². The zero-order valence-corrected chi connectivity index (χ0v) is 9.08. The van der Waals surface area contributed by atoms with Crippen molar-refractivity contribution in [3.63, 3.8) is 0 Å². The summed E-state index contributed by atoms with van der Waals surface area (Å²) in [5, 5.41) is 3.27. The second-order valence-electron chi connectivity index (χ2n) is 2.89. The first kappa shape index (κ1) is 9.27. The monoisotopic (exact) mass is 251 g/mol. The topological polar surface area (TPSA) is 40.7 Å². The lowest BCUT2D eigenvalue weighted by Gasteiger charge is -2.05. The van der Waals surface area contributed by atoms with Gasteiger partial charge in [0.15, 0.2) is 0 Å². The van der Waals surface area contributed by atoms with E-state index in [1.165, 1.54) is 0 Å². The molecule has 0 aromatic carbocycles. The van der Waals surface area contributed by atoms with Crippen LogP contribution in [0, 0.1) is 0 Å². The van der Waals surface area contributed by atoms with Crippen molar-refractivity contribution in [1.29, 1.82) is 0 Å². The third-order valence-electron chi connectivity index (χ3n) is 1.89. The Balaban J connectivity index is 2.02. The number of anilines is 1. The van der Waals surface area contributed by atoms with Crippen molar-refractivity contribution in [2.75, 3.05) is 5.32 Å². The number of pyridine rings is 1. The van der Waals surface area contributed by atoms with Gasteiger partial charge in [-0.05, 0) is 40.2 Å². The van der Waals surface area contributed by atoms with Crippen LogP contribution in [0.5, 0.6) is 0 Å². The summed E-state index contributed by atoms with van der Waals surface area (Å²) in [7, 11) is 0. The molecule has 0 aliphatic carbocycles. The van der Waals surface area contributed by atoms with Crippen molar-refractivity contribution in [3.05, 3.63) is 47.0 Å². The maximum absolute atomic E-state index is 4.12. The van der Waals surface area contributed by atoms with Crippen LogP contribution in [0.3, 0.4) is 0 Å². The molecule has 0 atom stereocenters. The predicted octanol–water partition coefficient (Wildman–Crippen LogP) is 2.78. The highest BCUT2D eigenvalue weighted by molar-refractivity contribution is 9.10. The molecule has 3 nitrogen and oxygen atoms in total. The Labute approximate surface area is 90.7 Å². The Bertz CT molecular complexity index is 398. The molecule has 0 unspecified atom stereocenters. The Hall–Kier alpha value is -1.29. The SMILES string of the molecule is Brc1ncccc1NCc1ccc[nH]1. The third kappa shape index (κ3) is 2.14. The first-order chi connectivity index (χ1) is 6.86. The summed E-state index contributed by atoms with van der Waals surface area (Å²) in [6, 6.07) is 7.91. The summed E-state index contributed by atoms with van der Waals surface area (Å²) >= 11 is 3.38. The summed E-state index contributed by atoms with van der Waals surface area (Å²) in [5.41, 5.74) is 2.16. The minimum absolute atomic E-state index is 0.775. The zero-order chi connectivity index (χ0) is 9.80. The highest BCUT2D eigenvalue weighted by Gasteiger charge is 1.98. The van der Waals surface area contributed by atoms with Crippen LogP contribution in [0.15, 0.2) is 41.3 Å². The number of aromatic nitrogens is 2. The largest absolute Gasteiger partial charge is 0.377 e. The molecular weight excluding hydrogens is 242 g/mol. The summed E-state index contributed by atoms with van der Waals surface area (Å²) in [6.45, 7) is 0.775. The zero-order valence-electron chi connectivity index (χ0n) is 7.50. The molecule has 2 rings (SSSR count). The Morgan fingerprint density at radius 3 is 3.00 bits per heavy atom. The van der Waals surface area contributed by atoms with Gasteiger partial charge in [-0.3, -0.25) is 0 Å². The normalized spacial score (nSPS) is 10.1. The molecular formula is C10H10BrN3. The van der Waals surface area contributed by atoms with Crippen LogP contribution in [-0.4, -0.2) is 9.97 Å². The Kier molecular flexibility index (Phi) is 2.84. The molecule has 0 saturated heterocycles. The molecule has 0 aliphatic rings. The molecule has 14 heavy (non-hydrogen) atoms. The highest BCUT2D eigenvalue weighted by Crippen LogP contribution is 2.18. The van der Waals surface area contributed by atoms with Crippen LogP contribution in [0.4, 0.5) is 5.69 Å². The molecule has 2 aromatic rings. The molecule has 0 aliphatic heterocycles. The molecule has 4 heteroatoms. The van der Waals surface area contributed by atoms with E-state index in [9.17, 15) is 0 Å². The number of hydrogen-bond donors (Lipinski definition) is 2. The second-order valence-corrected chi connectivity index (χ2v) is 3.64. The van der Waals surface area contributed by atoms with Gasteiger partial charge in [0.1, 0.15) is 4.60 Å². The van der Waals surface area contributed by atoms with Gasteiger partial charge in [0.25, 0.3) is 0 Å². The molecule has 0 spiro atoms. The van der Waals surface area contributed by atoms with Gasteiger partial charge in [0.05, 0.1) is 12.2 Å². The first-order valence-electron chi connectivity index (χ1n) is 4.33. The fraction of sp³-hybridized carbons (Fsp3) is 0.100. The van der Waals surface area contributed by atoms with Crippen LogP contribution in [0.2, 0.25) is 0 Å². The Morgan fingerprint density at radius 2 is 2.29 bits per heavy atom. The number of halogens is 1. The lowest BCUT2D eigenvalue weighted by atomic mass is 10.4. The summed E-state index contributed by atoms with van der Waals surface area (Å²) < 4.78 is 0.839. The number of nitrogens with one attached hydrogen (secondary N) is 2. The van der Waals surface area contributed by atoms with Crippen LogP contribution in [0.25, 0.3) is 0 Å². The average molecular weight is 252 g/mol. The lowest BCUT2D eigenvalue weighted by molar-refractivity contribution is 1.06. The molecule has 0 amide bonds. The molecule has 0 radical (unpaired) electrons. The van der Waals surface area contributed by atoms with Crippen molar-refractivity contribution >= 4 is 21.6 Å². The predicted molar refractivity (Wildman–Crippen MR) is 60.1 cm³/mol. The third-order valence-corrected chi connectivity index (χ3v) is 2.52. The maximum atomic E-state index is 4.12. The van der Waals surface area contributed by atoms with Crippen molar-refractivity contribution in [2.24, 2.45) is 0 Å². The number of rotatable bonds is 3. The standard InChI is InChI=1S/C10H10BrN3/c11-10-9(4-2-6-13-10)14-7-8-3-1-5-12-8/h1-6,12,14H,7H2. The van der Waals surface area contributed by atoms with Gasteiger partial charge in [-0.25, -0.2) is 4.98 Å². The molecule has 72 valence electrons. The maximum Gasteiger partial charge on any atom is 0.129 e. The molecule has 2 aromatic heterocycles. The first-order valence-corrected chi connectivity index (χ1v) is 5.12. The van der Waals surface area contributed by atoms with E-state index in [1.807, 2.05) is 30.5 Å². The molecule has 0 fully saturated rings. The number of hydrogen-bond acceptors (Lipinski definition) is 2. The van der Waals surface area contributed by atoms with E-state index in [0.717, 1.165) is 22.5 Å². The molecule has 2 N–H and O–H groups in total. The fourth-order valence-corrected chi connectivity index (χ4v) is 1.58. The number of aromatic amines is 1. The van der Waals surface area contributed by atoms with Gasteiger partial charge in [-0.1, -0.05) is 0 Å². The highest BCUT2D eigenvalue weighted by atomic mass is 79.9. The molecule has 0 saturated carbocycles. The molecule has 0 bridgehead atoms. The van der Waals surface area contributed by atoms with Crippen LogP contribution in [0.1, 0.15) is 5.69 Å². The van der Waals surface area contributed by atoms with Gasteiger partial charge in [0, 0.05) is 18.1 Å².